The number of rotatable bonds is 5. The molecule has 0 aliphatic carbocycles. The number of allylic oxidation sites excluding steroid dienone is 3. The number of benzene rings is 2. The average Bonchev–Trinajstić information content (AvgIpc) is 2.65. The van der Waals surface area contributed by atoms with Gasteiger partial charge in [0, 0.05) is 9.80 Å². The van der Waals surface area contributed by atoms with Gasteiger partial charge in [0.05, 0.1) is 11.4 Å². The van der Waals surface area contributed by atoms with Crippen molar-refractivity contribution in [3.8, 4) is 0 Å². The Kier molecular flexibility index (Phi) is 7.87. The van der Waals surface area contributed by atoms with E-state index < -0.39 is 0 Å². The van der Waals surface area contributed by atoms with Crippen LogP contribution in [0.15, 0.2) is 74.7 Å². The molecule has 2 nitrogen and oxygen atoms in total. The Morgan fingerprint density at radius 3 is 2.07 bits per heavy atom. The maximum absolute atomic E-state index is 4.74. The van der Waals surface area contributed by atoms with Gasteiger partial charge in [-0.1, -0.05) is 89.7 Å². The zero-order chi connectivity index (χ0) is 22.5. The summed E-state index contributed by atoms with van der Waals surface area (Å²) in [7, 11) is 0. The van der Waals surface area contributed by atoms with Crippen molar-refractivity contribution in [2.24, 2.45) is 10.2 Å². The summed E-state index contributed by atoms with van der Waals surface area (Å²) in [6.45, 7) is 19.8. The molecule has 0 fully saturated rings. The van der Waals surface area contributed by atoms with E-state index in [4.69, 9.17) is 5.11 Å². The Bertz CT molecular complexity index is 967. The smallest absolute Gasteiger partial charge is 0.0996 e. The van der Waals surface area contributed by atoms with Crippen LogP contribution in [0.4, 0.5) is 11.4 Å². The Morgan fingerprint density at radius 1 is 0.867 bits per heavy atom. The summed E-state index contributed by atoms with van der Waals surface area (Å²) in [6.07, 6.45) is 6.29. The van der Waals surface area contributed by atoms with Gasteiger partial charge in [0.1, 0.15) is 0 Å². The van der Waals surface area contributed by atoms with E-state index in [9.17, 15) is 0 Å². The molecule has 0 unspecified atom stereocenters. The fourth-order valence-electron chi connectivity index (χ4n) is 3.23. The van der Waals surface area contributed by atoms with Gasteiger partial charge in [-0.15, -0.1) is 5.11 Å². The highest BCUT2D eigenvalue weighted by atomic mass is 32.2. The van der Waals surface area contributed by atoms with Gasteiger partial charge in [-0.05, 0) is 66.5 Å². The molecule has 2 aromatic carbocycles. The molecule has 2 rings (SSSR count). The lowest BCUT2D eigenvalue weighted by atomic mass is 9.78. The molecule has 0 aromatic heterocycles. The number of thioether (sulfide) groups is 1. The van der Waals surface area contributed by atoms with Crippen molar-refractivity contribution >= 4 is 23.1 Å². The molecule has 0 atom stereocenters. The first-order valence-electron chi connectivity index (χ1n) is 10.6. The third-order valence-corrected chi connectivity index (χ3v) is 6.20. The van der Waals surface area contributed by atoms with Crippen LogP contribution in [0.25, 0.3) is 0 Å². The summed E-state index contributed by atoms with van der Waals surface area (Å²) in [4.78, 5) is 2.30. The van der Waals surface area contributed by atoms with Crippen LogP contribution in [0.3, 0.4) is 0 Å². The summed E-state index contributed by atoms with van der Waals surface area (Å²) in [6, 6.07) is 12.7. The first-order chi connectivity index (χ1) is 14.0. The monoisotopic (exact) mass is 420 g/mol. The van der Waals surface area contributed by atoms with Gasteiger partial charge in [0.15, 0.2) is 0 Å². The minimum Gasteiger partial charge on any atom is -0.150 e. The summed E-state index contributed by atoms with van der Waals surface area (Å²) in [5.74, 6) is 0. The zero-order valence-electron chi connectivity index (χ0n) is 20.0. The molecule has 160 valence electrons. The maximum atomic E-state index is 4.74. The van der Waals surface area contributed by atoms with Gasteiger partial charge < -0.3 is 0 Å². The number of hydrogen-bond donors (Lipinski definition) is 0. The lowest BCUT2D eigenvalue weighted by molar-refractivity contribution is 0.566. The molecule has 0 bridgehead atoms. The van der Waals surface area contributed by atoms with Crippen molar-refractivity contribution in [3.05, 3.63) is 76.2 Å². The van der Waals surface area contributed by atoms with Crippen LogP contribution in [0.2, 0.25) is 0 Å². The molecule has 0 amide bonds. The van der Waals surface area contributed by atoms with E-state index in [1.54, 1.807) is 11.8 Å². The highest BCUT2D eigenvalue weighted by Crippen LogP contribution is 2.39. The largest absolute Gasteiger partial charge is 0.150 e. The van der Waals surface area contributed by atoms with Crippen molar-refractivity contribution in [3.63, 3.8) is 0 Å². The Balaban J connectivity index is 2.53. The molecule has 0 spiro atoms. The van der Waals surface area contributed by atoms with Crippen LogP contribution in [-0.2, 0) is 10.8 Å². The van der Waals surface area contributed by atoms with Gasteiger partial charge in [0.2, 0.25) is 0 Å². The lowest BCUT2D eigenvalue weighted by Gasteiger charge is -2.27. The van der Waals surface area contributed by atoms with Crippen LogP contribution >= 0.6 is 11.8 Å². The Morgan fingerprint density at radius 2 is 1.50 bits per heavy atom. The first-order valence-corrected chi connectivity index (χ1v) is 11.4. The van der Waals surface area contributed by atoms with E-state index in [-0.39, 0.29) is 10.8 Å². The second-order valence-electron chi connectivity index (χ2n) is 9.63. The van der Waals surface area contributed by atoms with Crippen LogP contribution < -0.4 is 0 Å². The number of azo groups is 1. The average molecular weight is 421 g/mol. The zero-order valence-corrected chi connectivity index (χ0v) is 20.8. The van der Waals surface area contributed by atoms with Crippen molar-refractivity contribution < 1.29 is 0 Å². The SMILES string of the molecule is C/C=C\C(=C/C)Sc1ccccc1N=Nc1cc(C(C)(C)C)cc(C(C)(C)C)c1C. The molecule has 0 radical (unpaired) electrons. The van der Waals surface area contributed by atoms with Crippen LogP contribution in [0.5, 0.6) is 0 Å². The third kappa shape index (κ3) is 6.18. The molecule has 30 heavy (non-hydrogen) atoms. The number of hydrogen-bond acceptors (Lipinski definition) is 3. The molecule has 0 N–H and O–H groups in total. The predicted octanol–water partition coefficient (Wildman–Crippen LogP) is 9.58. The third-order valence-electron chi connectivity index (χ3n) is 5.03. The van der Waals surface area contributed by atoms with E-state index in [0.717, 1.165) is 16.3 Å². The van der Waals surface area contributed by atoms with Crippen molar-refractivity contribution in [1.29, 1.82) is 0 Å². The standard InChI is InChI=1S/C27H36N2S/c1-10-14-21(11-2)30-25-16-13-12-15-23(25)28-29-24-18-20(26(4,5)6)17-22(19(24)3)27(7,8)9/h10-18H,1-9H3/b14-10-,21-11+,29-28?. The highest BCUT2D eigenvalue weighted by molar-refractivity contribution is 8.03. The normalized spacial score (nSPS) is 13.6. The van der Waals surface area contributed by atoms with Crippen LogP contribution in [-0.4, -0.2) is 0 Å². The molecular formula is C27H36N2S. The van der Waals surface area contributed by atoms with Gasteiger partial charge in [-0.3, -0.25) is 0 Å². The summed E-state index contributed by atoms with van der Waals surface area (Å²) >= 11 is 1.71. The van der Waals surface area contributed by atoms with Gasteiger partial charge in [-0.2, -0.15) is 5.11 Å². The van der Waals surface area contributed by atoms with Crippen LogP contribution in [0, 0.1) is 6.92 Å². The van der Waals surface area contributed by atoms with E-state index in [2.05, 4.69) is 96.9 Å². The predicted molar refractivity (Wildman–Crippen MR) is 134 cm³/mol. The topological polar surface area (TPSA) is 24.7 Å². The maximum Gasteiger partial charge on any atom is 0.0996 e. The fraction of sp³-hybridized carbons (Fsp3) is 0.407. The highest BCUT2D eigenvalue weighted by Gasteiger charge is 2.23. The minimum absolute atomic E-state index is 0.0523. The van der Waals surface area contributed by atoms with E-state index in [1.807, 2.05) is 25.1 Å². The number of nitrogens with zero attached hydrogens (tertiary/aromatic N) is 2. The van der Waals surface area contributed by atoms with Crippen molar-refractivity contribution in [1.82, 2.24) is 0 Å². The van der Waals surface area contributed by atoms with E-state index in [1.165, 1.54) is 21.6 Å². The molecule has 3 heteroatoms. The van der Waals surface area contributed by atoms with Gasteiger partial charge in [0.25, 0.3) is 0 Å². The summed E-state index contributed by atoms with van der Waals surface area (Å²) in [5, 5.41) is 9.42. The van der Waals surface area contributed by atoms with E-state index in [0.29, 0.717) is 0 Å². The molecule has 0 heterocycles. The molecule has 0 aliphatic rings. The van der Waals surface area contributed by atoms with Gasteiger partial charge in [-0.25, -0.2) is 0 Å². The lowest BCUT2D eigenvalue weighted by Crippen LogP contribution is -2.17. The van der Waals surface area contributed by atoms with Gasteiger partial charge >= 0.3 is 0 Å². The minimum atomic E-state index is 0.0523. The molecule has 0 saturated heterocycles. The molecular weight excluding hydrogens is 384 g/mol. The molecule has 0 saturated carbocycles. The molecule has 0 aliphatic heterocycles. The second-order valence-corrected chi connectivity index (χ2v) is 10.7. The summed E-state index contributed by atoms with van der Waals surface area (Å²) < 4.78 is 0. The Hall–Kier alpha value is -2.13. The molecule has 2 aromatic rings. The van der Waals surface area contributed by atoms with Crippen molar-refractivity contribution in [2.45, 2.75) is 78.0 Å². The second kappa shape index (κ2) is 9.78. The Labute approximate surface area is 187 Å². The van der Waals surface area contributed by atoms with Crippen molar-refractivity contribution in [2.75, 3.05) is 0 Å². The van der Waals surface area contributed by atoms with Crippen LogP contribution in [0.1, 0.15) is 72.1 Å². The fourth-order valence-corrected chi connectivity index (χ4v) is 4.17. The quantitative estimate of drug-likeness (QED) is 0.268. The first kappa shape index (κ1) is 24.1. The summed E-state index contributed by atoms with van der Waals surface area (Å²) in [5.41, 5.74) is 5.77. The van der Waals surface area contributed by atoms with E-state index >= 15 is 0 Å².